The second-order valence-electron chi connectivity index (χ2n) is 6.44. The summed E-state index contributed by atoms with van der Waals surface area (Å²) in [6.45, 7) is 5.48. The number of carbonyl (C=O) groups is 1. The lowest BCUT2D eigenvalue weighted by molar-refractivity contribution is -0.139. The van der Waals surface area contributed by atoms with E-state index in [-0.39, 0.29) is 11.3 Å². The van der Waals surface area contributed by atoms with E-state index < -0.39 is 0 Å². The number of nitrogens with zero attached hydrogens (tertiary/aromatic N) is 1. The monoisotopic (exact) mass is 254 g/mol. The van der Waals surface area contributed by atoms with E-state index in [1.54, 1.807) is 0 Å². The van der Waals surface area contributed by atoms with Crippen LogP contribution in [0.2, 0.25) is 0 Å². The minimum Gasteiger partial charge on any atom is -0.345 e. The molecule has 1 amide bonds. The molecule has 0 bridgehead atoms. The molecule has 3 heteroatoms. The van der Waals surface area contributed by atoms with Gasteiger partial charge in [-0.25, -0.2) is 0 Å². The van der Waals surface area contributed by atoms with Crippen LogP contribution >= 0.6 is 0 Å². The zero-order valence-electron chi connectivity index (χ0n) is 12.4. The molecule has 2 N–H and O–H groups in total. The number of hydrogen-bond donors (Lipinski definition) is 1. The lowest BCUT2D eigenvalue weighted by Gasteiger charge is -2.30. The Hall–Kier alpha value is -0.570. The van der Waals surface area contributed by atoms with E-state index in [0.717, 1.165) is 18.9 Å². The molecule has 3 nitrogen and oxygen atoms in total. The van der Waals surface area contributed by atoms with Crippen LogP contribution in [0.3, 0.4) is 0 Å². The van der Waals surface area contributed by atoms with Gasteiger partial charge in [-0.2, -0.15) is 0 Å². The molecule has 0 radical (unpaired) electrons. The molecular weight excluding hydrogens is 224 g/mol. The maximum Gasteiger partial charge on any atom is 0.228 e. The molecule has 1 fully saturated rings. The quantitative estimate of drug-likeness (QED) is 0.792. The topological polar surface area (TPSA) is 46.3 Å². The van der Waals surface area contributed by atoms with E-state index in [1.165, 1.54) is 38.5 Å². The minimum absolute atomic E-state index is 0.240. The Bertz CT molecular complexity index is 257. The standard InChI is InChI=1S/C15H30N2O/c1-15(2,10-11-16)14(18)17(3)12-9-13-7-5-4-6-8-13/h13H,4-12,16H2,1-3H3. The second kappa shape index (κ2) is 7.13. The zero-order chi connectivity index (χ0) is 13.6. The molecule has 18 heavy (non-hydrogen) atoms. The van der Waals surface area contributed by atoms with E-state index in [4.69, 9.17) is 5.73 Å². The minimum atomic E-state index is -0.309. The van der Waals surface area contributed by atoms with Gasteiger partial charge in [-0.15, -0.1) is 0 Å². The Morgan fingerprint density at radius 1 is 1.28 bits per heavy atom. The van der Waals surface area contributed by atoms with Gasteiger partial charge in [-0.1, -0.05) is 46.0 Å². The van der Waals surface area contributed by atoms with Gasteiger partial charge in [0, 0.05) is 19.0 Å². The largest absolute Gasteiger partial charge is 0.345 e. The summed E-state index contributed by atoms with van der Waals surface area (Å²) in [5, 5.41) is 0. The van der Waals surface area contributed by atoms with Crippen molar-refractivity contribution in [3.8, 4) is 0 Å². The Kier molecular flexibility index (Phi) is 6.13. The molecule has 0 unspecified atom stereocenters. The van der Waals surface area contributed by atoms with Gasteiger partial charge < -0.3 is 10.6 Å². The van der Waals surface area contributed by atoms with Crippen molar-refractivity contribution in [2.24, 2.45) is 17.1 Å². The highest BCUT2D eigenvalue weighted by atomic mass is 16.2. The van der Waals surface area contributed by atoms with E-state index in [1.807, 2.05) is 25.8 Å². The van der Waals surface area contributed by atoms with E-state index >= 15 is 0 Å². The number of hydrogen-bond acceptors (Lipinski definition) is 2. The first kappa shape index (κ1) is 15.5. The van der Waals surface area contributed by atoms with Crippen molar-refractivity contribution >= 4 is 5.91 Å². The highest BCUT2D eigenvalue weighted by Gasteiger charge is 2.29. The van der Waals surface area contributed by atoms with Gasteiger partial charge in [0.25, 0.3) is 0 Å². The first-order valence-corrected chi connectivity index (χ1v) is 7.43. The van der Waals surface area contributed by atoms with Crippen LogP contribution in [0, 0.1) is 11.3 Å². The Morgan fingerprint density at radius 3 is 2.44 bits per heavy atom. The molecule has 0 heterocycles. The van der Waals surface area contributed by atoms with Crippen molar-refractivity contribution in [2.75, 3.05) is 20.1 Å². The van der Waals surface area contributed by atoms with Crippen molar-refractivity contribution in [2.45, 2.75) is 58.8 Å². The Morgan fingerprint density at radius 2 is 1.89 bits per heavy atom. The van der Waals surface area contributed by atoms with Crippen LogP contribution in [0.1, 0.15) is 58.8 Å². The smallest absolute Gasteiger partial charge is 0.228 e. The van der Waals surface area contributed by atoms with Crippen LogP contribution in [0.25, 0.3) is 0 Å². The molecule has 0 spiro atoms. The molecule has 0 saturated heterocycles. The second-order valence-corrected chi connectivity index (χ2v) is 6.44. The molecule has 106 valence electrons. The lowest BCUT2D eigenvalue weighted by Crippen LogP contribution is -2.40. The van der Waals surface area contributed by atoms with Crippen LogP contribution in [0.5, 0.6) is 0 Å². The lowest BCUT2D eigenvalue weighted by atomic mass is 9.85. The molecule has 1 aliphatic carbocycles. The van der Waals surface area contributed by atoms with Crippen LogP contribution < -0.4 is 5.73 Å². The Balaban J connectivity index is 2.34. The number of carbonyl (C=O) groups excluding carboxylic acids is 1. The molecule has 0 atom stereocenters. The Labute approximate surface area is 112 Å². The van der Waals surface area contributed by atoms with E-state index in [0.29, 0.717) is 6.54 Å². The van der Waals surface area contributed by atoms with Gasteiger partial charge in [-0.05, 0) is 25.3 Å². The average Bonchev–Trinajstić information content (AvgIpc) is 2.36. The predicted molar refractivity (Wildman–Crippen MR) is 76.3 cm³/mol. The molecule has 0 aromatic heterocycles. The normalized spacial score (nSPS) is 17.8. The van der Waals surface area contributed by atoms with Crippen molar-refractivity contribution < 1.29 is 4.79 Å². The fraction of sp³-hybridized carbons (Fsp3) is 0.933. The fourth-order valence-corrected chi connectivity index (χ4v) is 2.94. The first-order chi connectivity index (χ1) is 8.47. The summed E-state index contributed by atoms with van der Waals surface area (Å²) in [7, 11) is 1.93. The van der Waals surface area contributed by atoms with Crippen LogP contribution in [0.15, 0.2) is 0 Å². The van der Waals surface area contributed by atoms with Gasteiger partial charge in [0.15, 0.2) is 0 Å². The maximum atomic E-state index is 12.3. The van der Waals surface area contributed by atoms with Crippen molar-refractivity contribution in [1.82, 2.24) is 4.90 Å². The third-order valence-corrected chi connectivity index (χ3v) is 4.29. The molecule has 1 aliphatic rings. The highest BCUT2D eigenvalue weighted by molar-refractivity contribution is 5.81. The summed E-state index contributed by atoms with van der Waals surface area (Å²) in [6.07, 6.45) is 8.79. The number of rotatable bonds is 6. The summed E-state index contributed by atoms with van der Waals surface area (Å²) in [4.78, 5) is 14.2. The molecule has 0 aliphatic heterocycles. The van der Waals surface area contributed by atoms with Gasteiger partial charge in [0.05, 0.1) is 0 Å². The summed E-state index contributed by atoms with van der Waals surface area (Å²) >= 11 is 0. The first-order valence-electron chi connectivity index (χ1n) is 7.43. The summed E-state index contributed by atoms with van der Waals surface area (Å²) in [6, 6.07) is 0. The van der Waals surface area contributed by atoms with Crippen LogP contribution in [-0.2, 0) is 4.79 Å². The SMILES string of the molecule is CN(CCC1CCCCC1)C(=O)C(C)(C)CCN. The number of amides is 1. The van der Waals surface area contributed by atoms with Crippen molar-refractivity contribution in [3.05, 3.63) is 0 Å². The van der Waals surface area contributed by atoms with Gasteiger partial charge in [0.2, 0.25) is 5.91 Å². The molecule has 1 saturated carbocycles. The zero-order valence-corrected chi connectivity index (χ0v) is 12.4. The fourth-order valence-electron chi connectivity index (χ4n) is 2.94. The summed E-state index contributed by atoms with van der Waals surface area (Å²) < 4.78 is 0. The van der Waals surface area contributed by atoms with Gasteiger partial charge >= 0.3 is 0 Å². The third-order valence-electron chi connectivity index (χ3n) is 4.29. The number of nitrogens with two attached hydrogens (primary N) is 1. The third kappa shape index (κ3) is 4.60. The van der Waals surface area contributed by atoms with Crippen LogP contribution in [-0.4, -0.2) is 30.9 Å². The molecule has 0 aromatic rings. The van der Waals surface area contributed by atoms with Gasteiger partial charge in [-0.3, -0.25) is 4.79 Å². The predicted octanol–water partition coefficient (Wildman–Crippen LogP) is 2.79. The molecular formula is C15H30N2O. The van der Waals surface area contributed by atoms with E-state index in [2.05, 4.69) is 0 Å². The average molecular weight is 254 g/mol. The highest BCUT2D eigenvalue weighted by Crippen LogP contribution is 2.27. The summed E-state index contributed by atoms with van der Waals surface area (Å²) in [5.74, 6) is 1.08. The molecule has 1 rings (SSSR count). The van der Waals surface area contributed by atoms with E-state index in [9.17, 15) is 4.79 Å². The van der Waals surface area contributed by atoms with Crippen molar-refractivity contribution in [1.29, 1.82) is 0 Å². The molecule has 0 aromatic carbocycles. The van der Waals surface area contributed by atoms with Crippen molar-refractivity contribution in [3.63, 3.8) is 0 Å². The summed E-state index contributed by atoms with van der Waals surface area (Å²) in [5.41, 5.74) is 5.26. The van der Waals surface area contributed by atoms with Crippen LogP contribution in [0.4, 0.5) is 0 Å². The maximum absolute atomic E-state index is 12.3. The van der Waals surface area contributed by atoms with Gasteiger partial charge in [0.1, 0.15) is 0 Å².